The molecular weight excluding hydrogens is 970 g/mol. The highest BCUT2D eigenvalue weighted by Gasteiger charge is 2.50. The first-order chi connectivity index (χ1) is 33.8. The fraction of sp³-hybridized carbons (Fsp3) is 0.714. The molecule has 22 heteroatoms. The number of esters is 2. The van der Waals surface area contributed by atoms with Crippen LogP contribution in [0.1, 0.15) is 136 Å². The number of cyclic esters (lactones) is 1. The zero-order valence-electron chi connectivity index (χ0n) is 41.2. The molecule has 0 aromatic carbocycles. The SMILES string of the molecule is CCCCC/C=C\C/C=C\C/C=C\C/C=C\CCCC(=O)O[C@@H]1COC(=O)CCCC=CC[C@@H]2[C@@H](O)[C@H](O)[C@@H](O)[C@H](OP(=O)(O)OC1)[C@H](OP(=O)(O)O)[C@H](O)[C@@H](/C=C/[C@@H](O)CCCCC)OC(O)C[C@@H]2O. The Kier molecular flexibility index (Phi) is 32.9. The van der Waals surface area contributed by atoms with Crippen LogP contribution in [0, 0.1) is 5.92 Å². The normalized spacial score (nSPS) is 31.2. The number of rotatable bonds is 23. The first-order valence-corrected chi connectivity index (χ1v) is 27.9. The van der Waals surface area contributed by atoms with Crippen LogP contribution < -0.4 is 0 Å². The quantitative estimate of drug-likeness (QED) is 0.0253. The van der Waals surface area contributed by atoms with Crippen LogP contribution in [-0.2, 0) is 46.5 Å². The van der Waals surface area contributed by atoms with Gasteiger partial charge in [-0.05, 0) is 70.6 Å². The number of phosphoric acid groups is 2. The summed E-state index contributed by atoms with van der Waals surface area (Å²) in [7, 11) is -11.5. The molecule has 2 unspecified atom stereocenters. The molecule has 13 atom stereocenters. The molecule has 2 rings (SSSR count). The molecule has 1 fully saturated rings. The summed E-state index contributed by atoms with van der Waals surface area (Å²) in [4.78, 5) is 56.8. The van der Waals surface area contributed by atoms with Crippen LogP contribution in [0.5, 0.6) is 0 Å². The van der Waals surface area contributed by atoms with Crippen LogP contribution in [0.15, 0.2) is 72.9 Å². The topological polar surface area (TPSA) is 326 Å². The van der Waals surface area contributed by atoms with Crippen molar-refractivity contribution in [1.82, 2.24) is 0 Å². The average Bonchev–Trinajstić information content (AvgIpc) is 3.31. The Morgan fingerprint density at radius 3 is 2.08 bits per heavy atom. The Morgan fingerprint density at radius 1 is 0.831 bits per heavy atom. The lowest BCUT2D eigenvalue weighted by atomic mass is 9.83. The second kappa shape index (κ2) is 36.3. The summed E-state index contributed by atoms with van der Waals surface area (Å²) in [6, 6.07) is 0. The van der Waals surface area contributed by atoms with Crippen molar-refractivity contribution in [3.05, 3.63) is 72.9 Å². The van der Waals surface area contributed by atoms with Crippen LogP contribution in [-0.4, -0.2) is 143 Å². The monoisotopic (exact) mass is 1050 g/mol. The number of fused-ring (bicyclic) bond motifs is 4. The second-order valence-electron chi connectivity index (χ2n) is 17.7. The number of carbonyl (C=O) groups is 2. The van der Waals surface area contributed by atoms with Gasteiger partial charge in [-0.1, -0.05) is 119 Å². The summed E-state index contributed by atoms with van der Waals surface area (Å²) in [5.41, 5.74) is 0. The van der Waals surface area contributed by atoms with E-state index >= 15 is 0 Å². The first kappa shape index (κ1) is 64.4. The number of hydrogen-bond donors (Lipinski definition) is 10. The van der Waals surface area contributed by atoms with Crippen molar-refractivity contribution in [3.8, 4) is 0 Å². The zero-order valence-corrected chi connectivity index (χ0v) is 42.9. The lowest BCUT2D eigenvalue weighted by molar-refractivity contribution is -0.210. The maximum Gasteiger partial charge on any atom is 0.472 e. The average molecular weight is 1050 g/mol. The molecule has 0 amide bonds. The van der Waals surface area contributed by atoms with Gasteiger partial charge in [0.25, 0.3) is 0 Å². The summed E-state index contributed by atoms with van der Waals surface area (Å²) >= 11 is 0. The smallest absolute Gasteiger partial charge is 0.462 e. The molecule has 1 saturated heterocycles. The number of ether oxygens (including phenoxy) is 3. The summed E-state index contributed by atoms with van der Waals surface area (Å²) < 4.78 is 57.8. The van der Waals surface area contributed by atoms with Crippen LogP contribution in [0.25, 0.3) is 0 Å². The number of carbonyl (C=O) groups excluding carboxylic acids is 2. The number of phosphoric ester groups is 2. The van der Waals surface area contributed by atoms with Crippen molar-refractivity contribution in [3.63, 3.8) is 0 Å². The van der Waals surface area contributed by atoms with Gasteiger partial charge in [0.05, 0.1) is 24.9 Å². The molecule has 10 N–H and O–H groups in total. The van der Waals surface area contributed by atoms with E-state index in [4.69, 9.17) is 27.8 Å². The highest BCUT2D eigenvalue weighted by Crippen LogP contribution is 2.49. The highest BCUT2D eigenvalue weighted by atomic mass is 31.2. The van der Waals surface area contributed by atoms with E-state index in [1.807, 2.05) is 25.2 Å². The van der Waals surface area contributed by atoms with Crippen molar-refractivity contribution in [2.45, 2.75) is 203 Å². The van der Waals surface area contributed by atoms with Gasteiger partial charge in [0, 0.05) is 25.2 Å². The van der Waals surface area contributed by atoms with Crippen molar-refractivity contribution in [2.24, 2.45) is 5.92 Å². The van der Waals surface area contributed by atoms with E-state index in [0.717, 1.165) is 44.3 Å². The van der Waals surface area contributed by atoms with E-state index < -0.39 is 120 Å². The fourth-order valence-electron chi connectivity index (χ4n) is 7.59. The van der Waals surface area contributed by atoms with E-state index in [-0.39, 0.29) is 38.5 Å². The summed E-state index contributed by atoms with van der Waals surface area (Å²) in [5, 5.41) is 79.1. The molecule has 20 nitrogen and oxygen atoms in total. The molecule has 2 aliphatic heterocycles. The molecular formula is C49H82O20P2. The van der Waals surface area contributed by atoms with Gasteiger partial charge in [0.15, 0.2) is 12.4 Å². The minimum Gasteiger partial charge on any atom is -0.462 e. The van der Waals surface area contributed by atoms with E-state index in [9.17, 15) is 69.1 Å². The third kappa shape index (κ3) is 28.5. The molecule has 2 bridgehead atoms. The maximum atomic E-state index is 13.8. The van der Waals surface area contributed by atoms with E-state index in [2.05, 4.69) is 37.3 Å². The minimum atomic E-state index is -5.81. The van der Waals surface area contributed by atoms with Crippen LogP contribution in [0.3, 0.4) is 0 Å². The van der Waals surface area contributed by atoms with Crippen molar-refractivity contribution in [1.29, 1.82) is 0 Å². The molecule has 0 saturated carbocycles. The lowest BCUT2D eigenvalue weighted by Gasteiger charge is -2.41. The van der Waals surface area contributed by atoms with Crippen molar-refractivity contribution >= 4 is 27.6 Å². The fourth-order valence-corrected chi connectivity index (χ4v) is 9.12. The first-order valence-electron chi connectivity index (χ1n) is 24.9. The molecule has 0 radical (unpaired) electrons. The van der Waals surface area contributed by atoms with E-state index in [0.29, 0.717) is 25.7 Å². The van der Waals surface area contributed by atoms with Gasteiger partial charge in [-0.25, -0.2) is 9.13 Å². The number of allylic oxidation sites excluding steroid dienone is 10. The standard InChI is InChI=1S/C49H82O20P2/c1-3-5-7-8-9-10-11-12-13-14-15-16-17-18-19-20-26-30-42(53)66-37-34-64-41(52)29-25-22-21-24-28-38-39(51)33-43(54)67-40(32-31-36(50)27-23-6-4-2)45(56)48(68-70(59,60)61)49(47(58)46(57)44(38)55)69-71(62,63)65-35-37/h9-10,12-13,15-16,18-19,21,24,31-32,36-40,43-51,54-58H,3-8,11,14,17,20,22-23,25-30,33-35H2,1-2H3,(H,62,63)(H2,59,60,61)/b10-9-,13-12-,16-15-,19-18-,24-21?,32-31+/t36-,37+,38-,39-,40+,43?,44+,45+,46-,47+,48+,49-/m0/s1. The van der Waals surface area contributed by atoms with Crippen LogP contribution in [0.4, 0.5) is 0 Å². The molecule has 2 aliphatic rings. The van der Waals surface area contributed by atoms with Crippen molar-refractivity contribution in [2.75, 3.05) is 13.2 Å². The highest BCUT2D eigenvalue weighted by molar-refractivity contribution is 7.47. The van der Waals surface area contributed by atoms with Crippen LogP contribution >= 0.6 is 15.6 Å². The Hall–Kier alpha value is -2.72. The lowest BCUT2D eigenvalue weighted by Crippen LogP contribution is -2.58. The maximum absolute atomic E-state index is 13.8. The Morgan fingerprint density at radius 2 is 1.45 bits per heavy atom. The predicted molar refractivity (Wildman–Crippen MR) is 263 cm³/mol. The second-order valence-corrected chi connectivity index (χ2v) is 20.3. The largest absolute Gasteiger partial charge is 0.472 e. The third-order valence-corrected chi connectivity index (χ3v) is 13.1. The third-order valence-electron chi connectivity index (χ3n) is 11.6. The molecule has 71 heavy (non-hydrogen) atoms. The van der Waals surface area contributed by atoms with Gasteiger partial charge in [0.2, 0.25) is 0 Å². The molecule has 0 aromatic rings. The molecule has 0 spiro atoms. The Balaban J connectivity index is 2.36. The predicted octanol–water partition coefficient (Wildman–Crippen LogP) is 5.72. The molecule has 0 aromatic heterocycles. The van der Waals surface area contributed by atoms with E-state index in [1.165, 1.54) is 25.3 Å². The van der Waals surface area contributed by atoms with Gasteiger partial charge in [-0.15, -0.1) is 0 Å². The van der Waals surface area contributed by atoms with Crippen LogP contribution in [0.2, 0.25) is 0 Å². The van der Waals surface area contributed by atoms with Crippen molar-refractivity contribution < 1.29 is 96.9 Å². The van der Waals surface area contributed by atoms with Gasteiger partial charge >= 0.3 is 27.6 Å². The number of unbranched alkanes of at least 4 members (excludes halogenated alkanes) is 6. The van der Waals surface area contributed by atoms with Gasteiger partial charge in [-0.3, -0.25) is 23.2 Å². The number of aliphatic hydroxyl groups excluding tert-OH is 7. The minimum absolute atomic E-state index is 0.117. The summed E-state index contributed by atoms with van der Waals surface area (Å²) in [6.07, 6.45) is 7.85. The Labute approximate surface area is 418 Å². The number of aliphatic hydroxyl groups is 7. The Bertz CT molecular complexity index is 1760. The molecule has 408 valence electrons. The van der Waals surface area contributed by atoms with Gasteiger partial charge < -0.3 is 64.6 Å². The van der Waals surface area contributed by atoms with Gasteiger partial charge in [0.1, 0.15) is 43.2 Å². The van der Waals surface area contributed by atoms with Gasteiger partial charge in [-0.2, -0.15) is 0 Å². The van der Waals surface area contributed by atoms with E-state index in [1.54, 1.807) is 6.08 Å². The number of hydrogen-bond acceptors (Lipinski definition) is 17. The molecule has 2 heterocycles. The zero-order chi connectivity index (χ0) is 52.7. The summed E-state index contributed by atoms with van der Waals surface area (Å²) in [5.74, 6) is -2.96. The summed E-state index contributed by atoms with van der Waals surface area (Å²) in [6.45, 7) is 2.45. The molecule has 0 aliphatic carbocycles.